The molecule has 1 heterocycles. The Bertz CT molecular complexity index is 826. The van der Waals surface area contributed by atoms with Crippen LogP contribution in [0.5, 0.6) is 5.75 Å². The van der Waals surface area contributed by atoms with Crippen LogP contribution in [0.15, 0.2) is 42.5 Å². The van der Waals surface area contributed by atoms with E-state index in [4.69, 9.17) is 16.3 Å². The van der Waals surface area contributed by atoms with E-state index in [-0.39, 0.29) is 36.7 Å². The minimum Gasteiger partial charge on any atom is -0.492 e. The van der Waals surface area contributed by atoms with Gasteiger partial charge in [0.15, 0.2) is 0 Å². The Morgan fingerprint density at radius 3 is 2.73 bits per heavy atom. The van der Waals surface area contributed by atoms with Gasteiger partial charge >= 0.3 is 0 Å². The molecule has 1 atom stereocenters. The lowest BCUT2D eigenvalue weighted by atomic mass is 9.95. The molecule has 0 unspecified atom stereocenters. The van der Waals surface area contributed by atoms with Crippen LogP contribution in [0.4, 0.5) is 10.1 Å². The van der Waals surface area contributed by atoms with E-state index < -0.39 is 0 Å². The molecular formula is C19H18ClFN2O3. The number of rotatable bonds is 4. The van der Waals surface area contributed by atoms with Gasteiger partial charge < -0.3 is 15.0 Å². The van der Waals surface area contributed by atoms with Crippen molar-refractivity contribution < 1.29 is 18.7 Å². The van der Waals surface area contributed by atoms with Crippen molar-refractivity contribution in [3.8, 4) is 5.75 Å². The van der Waals surface area contributed by atoms with Crippen molar-refractivity contribution in [3.63, 3.8) is 0 Å². The lowest BCUT2D eigenvalue weighted by molar-refractivity contribution is -0.138. The van der Waals surface area contributed by atoms with E-state index in [1.807, 2.05) is 0 Å². The first kappa shape index (κ1) is 18.2. The molecule has 26 heavy (non-hydrogen) atoms. The minimum atomic E-state index is -0.382. The molecule has 2 amide bonds. The van der Waals surface area contributed by atoms with E-state index in [0.717, 1.165) is 11.3 Å². The van der Waals surface area contributed by atoms with Gasteiger partial charge in [-0.15, -0.1) is 0 Å². The van der Waals surface area contributed by atoms with Crippen LogP contribution in [-0.4, -0.2) is 36.9 Å². The summed E-state index contributed by atoms with van der Waals surface area (Å²) in [5.74, 6) is -0.551. The Kier molecular flexibility index (Phi) is 5.42. The zero-order chi connectivity index (χ0) is 18.7. The van der Waals surface area contributed by atoms with E-state index in [1.165, 1.54) is 29.2 Å². The van der Waals surface area contributed by atoms with Crippen molar-refractivity contribution in [2.45, 2.75) is 6.42 Å². The maximum atomic E-state index is 12.9. The summed E-state index contributed by atoms with van der Waals surface area (Å²) >= 11 is 5.99. The zero-order valence-corrected chi connectivity index (χ0v) is 14.9. The van der Waals surface area contributed by atoms with Crippen LogP contribution in [0.25, 0.3) is 0 Å². The fraction of sp³-hybridized carbons (Fsp3) is 0.263. The first-order valence-corrected chi connectivity index (χ1v) is 8.52. The summed E-state index contributed by atoms with van der Waals surface area (Å²) in [6.45, 7) is 0.159. The van der Waals surface area contributed by atoms with Gasteiger partial charge in [0.25, 0.3) is 0 Å². The molecule has 5 nitrogen and oxygen atoms in total. The van der Waals surface area contributed by atoms with Crippen LogP contribution in [-0.2, 0) is 16.0 Å². The number of ether oxygens (including phenoxy) is 1. The van der Waals surface area contributed by atoms with E-state index in [0.29, 0.717) is 17.1 Å². The number of fused-ring (bicyclic) bond motifs is 1. The number of hydrogen-bond donors (Lipinski definition) is 1. The Morgan fingerprint density at radius 1 is 1.27 bits per heavy atom. The monoisotopic (exact) mass is 376 g/mol. The molecule has 2 aromatic rings. The van der Waals surface area contributed by atoms with Crippen molar-refractivity contribution in [1.82, 2.24) is 4.90 Å². The molecule has 0 aliphatic carbocycles. The Balaban J connectivity index is 1.57. The average Bonchev–Trinajstić information content (AvgIpc) is 2.62. The van der Waals surface area contributed by atoms with E-state index in [1.54, 1.807) is 25.2 Å². The summed E-state index contributed by atoms with van der Waals surface area (Å²) in [6.07, 6.45) is 0.513. The Morgan fingerprint density at radius 2 is 2.00 bits per heavy atom. The number of benzene rings is 2. The van der Waals surface area contributed by atoms with Crippen molar-refractivity contribution in [2.75, 3.05) is 25.5 Å². The summed E-state index contributed by atoms with van der Waals surface area (Å²) in [7, 11) is 1.57. The summed E-state index contributed by atoms with van der Waals surface area (Å²) < 4.78 is 18.5. The van der Waals surface area contributed by atoms with Crippen LogP contribution in [0.2, 0.25) is 5.02 Å². The largest absolute Gasteiger partial charge is 0.492 e. The highest BCUT2D eigenvalue weighted by Gasteiger charge is 2.29. The molecule has 0 fully saturated rings. The maximum Gasteiger partial charge on any atom is 0.243 e. The van der Waals surface area contributed by atoms with Crippen molar-refractivity contribution >= 4 is 29.1 Å². The fourth-order valence-corrected chi connectivity index (χ4v) is 3.06. The topological polar surface area (TPSA) is 58.6 Å². The number of likely N-dealkylation sites (N-methyl/N-ethyl adjacent to an activating group) is 1. The van der Waals surface area contributed by atoms with Crippen LogP contribution in [0.3, 0.4) is 0 Å². The van der Waals surface area contributed by atoms with Crippen LogP contribution in [0, 0.1) is 11.7 Å². The number of amides is 2. The third kappa shape index (κ3) is 4.32. The van der Waals surface area contributed by atoms with Gasteiger partial charge in [-0.2, -0.15) is 0 Å². The average molecular weight is 377 g/mol. The van der Waals surface area contributed by atoms with Crippen molar-refractivity contribution in [1.29, 1.82) is 0 Å². The molecule has 1 aliphatic rings. The highest BCUT2D eigenvalue weighted by molar-refractivity contribution is 6.30. The third-order valence-electron chi connectivity index (χ3n) is 4.16. The molecule has 0 bridgehead atoms. The summed E-state index contributed by atoms with van der Waals surface area (Å²) in [5, 5.41) is 3.22. The van der Waals surface area contributed by atoms with Gasteiger partial charge in [-0.3, -0.25) is 9.59 Å². The van der Waals surface area contributed by atoms with E-state index in [9.17, 15) is 14.0 Å². The minimum absolute atomic E-state index is 0.102. The third-order valence-corrected chi connectivity index (χ3v) is 4.40. The van der Waals surface area contributed by atoms with Crippen LogP contribution in [0.1, 0.15) is 5.56 Å². The normalized spacial score (nSPS) is 15.6. The zero-order valence-electron chi connectivity index (χ0n) is 14.2. The summed E-state index contributed by atoms with van der Waals surface area (Å²) in [6, 6.07) is 10.8. The number of nitrogens with zero attached hydrogens (tertiary/aromatic N) is 1. The molecular weight excluding hydrogens is 359 g/mol. The second kappa shape index (κ2) is 7.74. The molecule has 0 spiro atoms. The molecule has 0 aromatic heterocycles. The van der Waals surface area contributed by atoms with Gasteiger partial charge in [-0.1, -0.05) is 11.6 Å². The van der Waals surface area contributed by atoms with Gasteiger partial charge in [0.2, 0.25) is 11.8 Å². The molecule has 3 rings (SSSR count). The molecule has 2 aromatic carbocycles. The molecule has 0 saturated heterocycles. The second-order valence-corrected chi connectivity index (χ2v) is 6.65. The molecule has 7 heteroatoms. The Hall–Kier alpha value is -2.60. The van der Waals surface area contributed by atoms with E-state index in [2.05, 4.69) is 5.32 Å². The predicted octanol–water partition coefficient (Wildman–Crippen LogP) is 3.13. The highest BCUT2D eigenvalue weighted by Crippen LogP contribution is 2.30. The maximum absolute atomic E-state index is 12.9. The smallest absolute Gasteiger partial charge is 0.243 e. The van der Waals surface area contributed by atoms with Crippen LogP contribution < -0.4 is 10.1 Å². The Labute approximate surface area is 155 Å². The second-order valence-electron chi connectivity index (χ2n) is 6.21. The van der Waals surface area contributed by atoms with Crippen molar-refractivity contribution in [2.24, 2.45) is 5.92 Å². The number of anilines is 1. The van der Waals surface area contributed by atoms with E-state index >= 15 is 0 Å². The summed E-state index contributed by atoms with van der Waals surface area (Å²) in [5.41, 5.74) is 1.35. The number of halogens is 2. The molecule has 0 saturated carbocycles. The quantitative estimate of drug-likeness (QED) is 0.891. The SMILES string of the molecule is CN(CC(=O)Nc1ccc(F)cc1)C(=O)[C@H]1COc2ccc(Cl)cc2C1. The van der Waals surface area contributed by atoms with Gasteiger partial charge in [-0.25, -0.2) is 4.39 Å². The summed E-state index contributed by atoms with van der Waals surface area (Å²) in [4.78, 5) is 26.1. The molecule has 0 radical (unpaired) electrons. The lowest BCUT2D eigenvalue weighted by Crippen LogP contribution is -2.42. The molecule has 136 valence electrons. The first-order valence-electron chi connectivity index (χ1n) is 8.14. The van der Waals surface area contributed by atoms with Gasteiger partial charge in [0, 0.05) is 17.8 Å². The number of carbonyl (C=O) groups excluding carboxylic acids is 2. The van der Waals surface area contributed by atoms with Crippen LogP contribution >= 0.6 is 11.6 Å². The predicted molar refractivity (Wildman–Crippen MR) is 96.8 cm³/mol. The number of hydrogen-bond acceptors (Lipinski definition) is 3. The molecule has 1 aliphatic heterocycles. The van der Waals surface area contributed by atoms with Gasteiger partial charge in [0.1, 0.15) is 18.2 Å². The molecule has 1 N–H and O–H groups in total. The highest BCUT2D eigenvalue weighted by atomic mass is 35.5. The lowest BCUT2D eigenvalue weighted by Gasteiger charge is -2.28. The first-order chi connectivity index (χ1) is 12.4. The number of nitrogens with one attached hydrogen (secondary N) is 1. The number of carbonyl (C=O) groups is 2. The van der Waals surface area contributed by atoms with Gasteiger partial charge in [0.05, 0.1) is 12.5 Å². The fourth-order valence-electron chi connectivity index (χ4n) is 2.86. The standard InChI is InChI=1S/C19H18ClFN2O3/c1-23(10-18(24)22-16-5-3-15(21)4-6-16)19(25)13-8-12-9-14(20)2-7-17(12)26-11-13/h2-7,9,13H,8,10-11H2,1H3,(H,22,24)/t13-/m1/s1. The van der Waals surface area contributed by atoms with Gasteiger partial charge in [-0.05, 0) is 54.4 Å². The van der Waals surface area contributed by atoms with Crippen molar-refractivity contribution in [3.05, 3.63) is 58.9 Å².